The van der Waals surface area contributed by atoms with Gasteiger partial charge < -0.3 is 5.32 Å². The summed E-state index contributed by atoms with van der Waals surface area (Å²) in [5, 5.41) is 2.94. The summed E-state index contributed by atoms with van der Waals surface area (Å²) in [7, 11) is -3.61. The first kappa shape index (κ1) is 20.6. The van der Waals surface area contributed by atoms with Gasteiger partial charge in [0.2, 0.25) is 10.0 Å². The van der Waals surface area contributed by atoms with Crippen LogP contribution >= 0.6 is 0 Å². The third-order valence-corrected chi connectivity index (χ3v) is 7.37. The number of aryl methyl sites for hydroxylation is 3. The van der Waals surface area contributed by atoms with Crippen molar-refractivity contribution in [2.75, 3.05) is 11.9 Å². The second-order valence-electron chi connectivity index (χ2n) is 7.72. The number of anilines is 1. The Labute approximate surface area is 167 Å². The zero-order chi connectivity index (χ0) is 20.5. The molecular formula is C22H28N2O3S. The molecule has 1 atom stereocenters. The average Bonchev–Trinajstić information content (AvgIpc) is 2.64. The fraction of sp³-hybridized carbons (Fsp3) is 0.409. The highest BCUT2D eigenvalue weighted by Crippen LogP contribution is 2.26. The van der Waals surface area contributed by atoms with E-state index in [9.17, 15) is 13.2 Å². The second-order valence-corrected chi connectivity index (χ2v) is 9.61. The van der Waals surface area contributed by atoms with Gasteiger partial charge in [-0.2, -0.15) is 4.31 Å². The molecule has 6 heteroatoms. The van der Waals surface area contributed by atoms with Crippen molar-refractivity contribution < 1.29 is 13.2 Å². The number of piperidine rings is 1. The van der Waals surface area contributed by atoms with Crippen molar-refractivity contribution in [1.29, 1.82) is 0 Å². The predicted molar refractivity (Wildman–Crippen MR) is 112 cm³/mol. The Morgan fingerprint density at radius 1 is 1.07 bits per heavy atom. The topological polar surface area (TPSA) is 66.5 Å². The summed E-state index contributed by atoms with van der Waals surface area (Å²) >= 11 is 0. The normalized spacial score (nSPS) is 18.1. The fourth-order valence-electron chi connectivity index (χ4n) is 3.92. The molecule has 0 bridgehead atoms. The van der Waals surface area contributed by atoms with E-state index in [1.165, 1.54) is 6.07 Å². The van der Waals surface area contributed by atoms with Crippen molar-refractivity contribution in [3.63, 3.8) is 0 Å². The lowest BCUT2D eigenvalue weighted by Gasteiger charge is -2.32. The lowest BCUT2D eigenvalue weighted by Crippen LogP contribution is -2.41. The minimum Gasteiger partial charge on any atom is -0.322 e. The molecule has 0 aliphatic carbocycles. The molecule has 1 saturated heterocycles. The number of benzene rings is 2. The van der Waals surface area contributed by atoms with Crippen LogP contribution in [0.2, 0.25) is 0 Å². The number of sulfonamides is 1. The highest BCUT2D eigenvalue weighted by atomic mass is 32.2. The van der Waals surface area contributed by atoms with E-state index in [-0.39, 0.29) is 16.8 Å². The SMILES string of the molecule is Cc1cc(C)c(NC(=O)c2cccc(S(=O)(=O)N3CCCC[C@H]3C)c2)c(C)c1. The summed E-state index contributed by atoms with van der Waals surface area (Å²) in [6.45, 7) is 8.39. The van der Waals surface area contributed by atoms with E-state index in [4.69, 9.17) is 0 Å². The van der Waals surface area contributed by atoms with Crippen LogP contribution in [0.1, 0.15) is 53.2 Å². The number of nitrogens with zero attached hydrogens (tertiary/aromatic N) is 1. The maximum atomic E-state index is 13.1. The molecule has 0 saturated carbocycles. The van der Waals surface area contributed by atoms with Crippen LogP contribution in [0.25, 0.3) is 0 Å². The molecule has 2 aromatic rings. The summed E-state index contributed by atoms with van der Waals surface area (Å²) in [5.74, 6) is -0.307. The van der Waals surface area contributed by atoms with Gasteiger partial charge in [0.25, 0.3) is 5.91 Å². The fourth-order valence-corrected chi connectivity index (χ4v) is 5.67. The van der Waals surface area contributed by atoms with Crippen LogP contribution in [0.3, 0.4) is 0 Å². The molecular weight excluding hydrogens is 372 g/mol. The zero-order valence-electron chi connectivity index (χ0n) is 17.0. The van der Waals surface area contributed by atoms with E-state index in [1.54, 1.807) is 22.5 Å². The van der Waals surface area contributed by atoms with E-state index in [1.807, 2.05) is 39.8 Å². The molecule has 2 aromatic carbocycles. The van der Waals surface area contributed by atoms with Gasteiger partial charge in [-0.3, -0.25) is 4.79 Å². The molecule has 0 aromatic heterocycles. The number of carbonyl (C=O) groups excluding carboxylic acids is 1. The molecule has 1 N–H and O–H groups in total. The van der Waals surface area contributed by atoms with Crippen LogP contribution < -0.4 is 5.32 Å². The monoisotopic (exact) mass is 400 g/mol. The summed E-state index contributed by atoms with van der Waals surface area (Å²) in [5.41, 5.74) is 4.21. The molecule has 28 heavy (non-hydrogen) atoms. The Morgan fingerprint density at radius 2 is 1.75 bits per heavy atom. The zero-order valence-corrected chi connectivity index (χ0v) is 17.8. The van der Waals surface area contributed by atoms with Gasteiger partial charge in [-0.05, 0) is 69.9 Å². The van der Waals surface area contributed by atoms with Gasteiger partial charge in [0.1, 0.15) is 0 Å². The first-order valence-electron chi connectivity index (χ1n) is 9.71. The van der Waals surface area contributed by atoms with Crippen LogP contribution in [0, 0.1) is 20.8 Å². The Kier molecular flexibility index (Phi) is 5.91. The van der Waals surface area contributed by atoms with Crippen molar-refractivity contribution in [2.24, 2.45) is 0 Å². The Hall–Kier alpha value is -2.18. The minimum atomic E-state index is -3.61. The molecule has 1 fully saturated rings. The van der Waals surface area contributed by atoms with Gasteiger partial charge in [0.15, 0.2) is 0 Å². The third kappa shape index (κ3) is 4.13. The average molecular weight is 401 g/mol. The largest absolute Gasteiger partial charge is 0.322 e. The first-order valence-corrected chi connectivity index (χ1v) is 11.2. The lowest BCUT2D eigenvalue weighted by molar-refractivity contribution is 0.102. The number of hydrogen-bond donors (Lipinski definition) is 1. The molecule has 3 rings (SSSR count). The van der Waals surface area contributed by atoms with E-state index in [0.717, 1.165) is 41.6 Å². The standard InChI is InChI=1S/C22H28N2O3S/c1-15-12-16(2)21(17(3)13-15)23-22(25)19-9-7-10-20(14-19)28(26,27)24-11-6-5-8-18(24)4/h7,9-10,12-14,18H,5-6,8,11H2,1-4H3,(H,23,25)/t18-/m1/s1. The van der Waals surface area contributed by atoms with Crippen molar-refractivity contribution >= 4 is 21.6 Å². The van der Waals surface area contributed by atoms with Crippen molar-refractivity contribution in [3.8, 4) is 0 Å². The van der Waals surface area contributed by atoms with Crippen LogP contribution in [0.5, 0.6) is 0 Å². The molecule has 5 nitrogen and oxygen atoms in total. The van der Waals surface area contributed by atoms with E-state index in [2.05, 4.69) is 5.32 Å². The molecule has 1 aliphatic heterocycles. The summed E-state index contributed by atoms with van der Waals surface area (Å²) < 4.78 is 27.7. The number of carbonyl (C=O) groups is 1. The molecule has 1 aliphatic rings. The number of amides is 1. The van der Waals surface area contributed by atoms with Gasteiger partial charge in [0.05, 0.1) is 4.90 Å². The van der Waals surface area contributed by atoms with Gasteiger partial charge >= 0.3 is 0 Å². The van der Waals surface area contributed by atoms with Gasteiger partial charge in [0, 0.05) is 23.8 Å². The van der Waals surface area contributed by atoms with Crippen LogP contribution in [-0.4, -0.2) is 31.2 Å². The first-order chi connectivity index (χ1) is 13.2. The van der Waals surface area contributed by atoms with Crippen molar-refractivity contribution in [3.05, 3.63) is 58.7 Å². The van der Waals surface area contributed by atoms with E-state index >= 15 is 0 Å². The smallest absolute Gasteiger partial charge is 0.255 e. The lowest BCUT2D eigenvalue weighted by atomic mass is 10.0. The minimum absolute atomic E-state index is 0.0194. The summed E-state index contributed by atoms with van der Waals surface area (Å²) in [4.78, 5) is 13.0. The number of hydrogen-bond acceptors (Lipinski definition) is 3. The highest BCUT2D eigenvalue weighted by molar-refractivity contribution is 7.89. The molecule has 0 unspecified atom stereocenters. The van der Waals surface area contributed by atoms with Crippen LogP contribution in [0.15, 0.2) is 41.3 Å². The van der Waals surface area contributed by atoms with E-state index < -0.39 is 10.0 Å². The van der Waals surface area contributed by atoms with E-state index in [0.29, 0.717) is 12.1 Å². The van der Waals surface area contributed by atoms with Crippen molar-refractivity contribution in [1.82, 2.24) is 4.31 Å². The Bertz CT molecular complexity index is 976. The number of rotatable bonds is 4. The maximum Gasteiger partial charge on any atom is 0.255 e. The van der Waals surface area contributed by atoms with Gasteiger partial charge in [-0.1, -0.05) is 30.2 Å². The second kappa shape index (κ2) is 8.05. The maximum absolute atomic E-state index is 13.1. The molecule has 0 spiro atoms. The number of nitrogens with one attached hydrogen (secondary N) is 1. The third-order valence-electron chi connectivity index (χ3n) is 5.36. The Morgan fingerprint density at radius 3 is 2.39 bits per heavy atom. The quantitative estimate of drug-likeness (QED) is 0.826. The Balaban J connectivity index is 1.88. The predicted octanol–water partition coefficient (Wildman–Crippen LogP) is 4.43. The molecule has 0 radical (unpaired) electrons. The van der Waals surface area contributed by atoms with Crippen LogP contribution in [0.4, 0.5) is 5.69 Å². The summed E-state index contributed by atoms with van der Waals surface area (Å²) in [6, 6.07) is 10.3. The van der Waals surface area contributed by atoms with Gasteiger partial charge in [-0.25, -0.2) is 8.42 Å². The summed E-state index contributed by atoms with van der Waals surface area (Å²) in [6.07, 6.45) is 2.78. The highest BCUT2D eigenvalue weighted by Gasteiger charge is 2.31. The van der Waals surface area contributed by atoms with Crippen LogP contribution in [-0.2, 0) is 10.0 Å². The molecule has 1 heterocycles. The van der Waals surface area contributed by atoms with Crippen molar-refractivity contribution in [2.45, 2.75) is 57.9 Å². The molecule has 1 amide bonds. The molecule has 150 valence electrons. The van der Waals surface area contributed by atoms with Gasteiger partial charge in [-0.15, -0.1) is 0 Å².